The number of nitro groups is 1. The lowest BCUT2D eigenvalue weighted by Gasteiger charge is -2.22. The topological polar surface area (TPSA) is 98.5 Å². The molecule has 7 nitrogen and oxygen atoms in total. The van der Waals surface area contributed by atoms with Gasteiger partial charge in [-0.1, -0.05) is 12.1 Å². The fourth-order valence-electron chi connectivity index (χ4n) is 1.80. The van der Waals surface area contributed by atoms with Gasteiger partial charge in [0.15, 0.2) is 0 Å². The van der Waals surface area contributed by atoms with Gasteiger partial charge >= 0.3 is 5.97 Å². The van der Waals surface area contributed by atoms with Crippen LogP contribution < -0.4 is 4.72 Å². The van der Waals surface area contributed by atoms with Crippen LogP contribution in [0.25, 0.3) is 0 Å². The van der Waals surface area contributed by atoms with Gasteiger partial charge in [-0.2, -0.15) is 27.0 Å². The minimum Gasteiger partial charge on any atom is -0.459 e. The Balaban J connectivity index is 0. The second-order valence-corrected chi connectivity index (χ2v) is 8.64. The highest BCUT2D eigenvalue weighted by Gasteiger charge is 2.26. The molecular weight excluding hydrogens is 396 g/mol. The third-order valence-electron chi connectivity index (χ3n) is 3.03. The van der Waals surface area contributed by atoms with Crippen LogP contribution in [0.1, 0.15) is 56.6 Å². The number of carbonyl (C=O) groups excluding carboxylic acids is 1. The minimum absolute atomic E-state index is 0. The van der Waals surface area contributed by atoms with Gasteiger partial charge in [0.25, 0.3) is 0 Å². The molecule has 0 amide bonds. The minimum atomic E-state index is -1.45. The van der Waals surface area contributed by atoms with Gasteiger partial charge in [-0.25, -0.2) is 13.7 Å². The smallest absolute Gasteiger partial charge is 0.338 e. The molecule has 2 atom stereocenters. The molecule has 0 aliphatic heterocycles. The summed E-state index contributed by atoms with van der Waals surface area (Å²) in [6, 6.07) is 5.61. The van der Waals surface area contributed by atoms with E-state index >= 15 is 0 Å². The SMILES string of the molecule is CC(C)OC(=O)c1ccc([C@@H](C[N+](=O)[O-])N[S@](=O)C(C)(C)C)cc1.S.S. The monoisotopic (exact) mass is 424 g/mol. The Bertz CT molecular complexity index is 615. The number of rotatable bonds is 7. The molecule has 0 unspecified atom stereocenters. The molecule has 0 saturated carbocycles. The summed E-state index contributed by atoms with van der Waals surface area (Å²) in [5.74, 6) is -0.450. The highest BCUT2D eigenvalue weighted by molar-refractivity contribution is 7.84. The first-order valence-corrected chi connectivity index (χ1v) is 8.76. The molecule has 1 aromatic rings. The standard InChI is InChI=1S/C16H24N2O5S.2H2S/c1-11(2)23-15(19)13-8-6-12(7-9-13)14(10-18(20)21)17-24(22)16(3,4)5;;/h6-9,11,14,17H,10H2,1-5H3;2*1H2/t14-,24-;;/m1../s1. The Morgan fingerprint density at radius 2 is 1.73 bits per heavy atom. The number of nitrogens with zero attached hydrogens (tertiary/aromatic N) is 1. The Morgan fingerprint density at radius 1 is 1.23 bits per heavy atom. The first kappa shape index (κ1) is 27.1. The van der Waals surface area contributed by atoms with Crippen molar-refractivity contribution in [1.29, 1.82) is 0 Å². The van der Waals surface area contributed by atoms with Gasteiger partial charge in [0, 0.05) is 4.92 Å². The zero-order valence-corrected chi connectivity index (χ0v) is 18.4. The average molecular weight is 425 g/mol. The Labute approximate surface area is 170 Å². The summed E-state index contributed by atoms with van der Waals surface area (Å²) in [6.07, 6.45) is -0.227. The maximum absolute atomic E-state index is 12.2. The molecule has 150 valence electrons. The van der Waals surface area contributed by atoms with Gasteiger partial charge in [0.2, 0.25) is 6.54 Å². The van der Waals surface area contributed by atoms with Crippen LogP contribution in [0, 0.1) is 10.1 Å². The highest BCUT2D eigenvalue weighted by atomic mass is 32.2. The molecule has 10 heteroatoms. The maximum atomic E-state index is 12.2. The van der Waals surface area contributed by atoms with Gasteiger partial charge in [-0.3, -0.25) is 10.1 Å². The van der Waals surface area contributed by atoms with Crippen LogP contribution in [-0.2, 0) is 15.7 Å². The van der Waals surface area contributed by atoms with Crippen molar-refractivity contribution in [2.24, 2.45) is 0 Å². The molecule has 0 spiro atoms. The fraction of sp³-hybridized carbons (Fsp3) is 0.562. The van der Waals surface area contributed by atoms with Gasteiger partial charge in [0.05, 0.1) is 27.4 Å². The molecule has 1 N–H and O–H groups in total. The zero-order valence-electron chi connectivity index (χ0n) is 15.6. The molecule has 0 saturated heterocycles. The number of carbonyl (C=O) groups is 1. The summed E-state index contributed by atoms with van der Waals surface area (Å²) in [6.45, 7) is 8.45. The second kappa shape index (κ2) is 11.6. The van der Waals surface area contributed by atoms with Crippen molar-refractivity contribution < 1.29 is 18.7 Å². The van der Waals surface area contributed by atoms with Gasteiger partial charge in [0.1, 0.15) is 6.04 Å². The van der Waals surface area contributed by atoms with Crippen LogP contribution in [0.5, 0.6) is 0 Å². The summed E-state index contributed by atoms with van der Waals surface area (Å²) in [5, 5.41) is 10.9. The van der Waals surface area contributed by atoms with Crippen LogP contribution in [-0.4, -0.2) is 32.5 Å². The van der Waals surface area contributed by atoms with E-state index in [0.29, 0.717) is 11.1 Å². The van der Waals surface area contributed by atoms with E-state index in [1.54, 1.807) is 58.9 Å². The maximum Gasteiger partial charge on any atom is 0.338 e. The molecule has 0 radical (unpaired) electrons. The Hall–Kier alpha value is -1.10. The van der Waals surface area contributed by atoms with Crippen molar-refractivity contribution in [1.82, 2.24) is 4.72 Å². The Kier molecular flexibility index (Phi) is 12.1. The molecule has 0 aromatic heterocycles. The molecule has 0 aliphatic carbocycles. The number of nitrogens with one attached hydrogen (secondary N) is 1. The first-order chi connectivity index (χ1) is 11.0. The van der Waals surface area contributed by atoms with Crippen molar-refractivity contribution >= 4 is 43.9 Å². The molecule has 0 heterocycles. The van der Waals surface area contributed by atoms with Crippen LogP contribution >= 0.6 is 27.0 Å². The molecule has 1 aromatic carbocycles. The van der Waals surface area contributed by atoms with Gasteiger partial charge in [-0.05, 0) is 52.3 Å². The van der Waals surface area contributed by atoms with Crippen molar-refractivity contribution in [3.8, 4) is 0 Å². The number of benzene rings is 1. The second-order valence-electron chi connectivity index (χ2n) is 6.64. The first-order valence-electron chi connectivity index (χ1n) is 7.61. The predicted octanol–water partition coefficient (Wildman–Crippen LogP) is 2.85. The van der Waals surface area contributed by atoms with E-state index in [0.717, 1.165) is 0 Å². The lowest BCUT2D eigenvalue weighted by Crippen LogP contribution is -2.38. The summed E-state index contributed by atoms with van der Waals surface area (Å²) < 4.78 is 19.6. The molecular formula is C16H28N2O5S3. The molecule has 0 aliphatic rings. The molecule has 0 bridgehead atoms. The summed E-state index contributed by atoms with van der Waals surface area (Å²) in [7, 11) is -1.45. The highest BCUT2D eigenvalue weighted by Crippen LogP contribution is 2.19. The number of esters is 1. The summed E-state index contributed by atoms with van der Waals surface area (Å²) in [5.41, 5.74) is 0.953. The molecule has 1 rings (SSSR count). The average Bonchev–Trinajstić information content (AvgIpc) is 2.44. The van der Waals surface area contributed by atoms with Crippen molar-refractivity contribution in [2.75, 3.05) is 6.54 Å². The largest absolute Gasteiger partial charge is 0.459 e. The predicted molar refractivity (Wildman–Crippen MR) is 113 cm³/mol. The third kappa shape index (κ3) is 9.02. The Morgan fingerprint density at radius 3 is 2.12 bits per heavy atom. The van der Waals surface area contributed by atoms with E-state index in [4.69, 9.17) is 4.74 Å². The van der Waals surface area contributed by atoms with E-state index in [9.17, 15) is 19.1 Å². The summed E-state index contributed by atoms with van der Waals surface area (Å²) in [4.78, 5) is 22.3. The van der Waals surface area contributed by atoms with Crippen LogP contribution in [0.4, 0.5) is 0 Å². The normalized spacial score (nSPS) is 13.2. The van der Waals surface area contributed by atoms with Crippen molar-refractivity contribution in [3.63, 3.8) is 0 Å². The molecule has 0 fully saturated rings. The van der Waals surface area contributed by atoms with Crippen LogP contribution in [0.15, 0.2) is 24.3 Å². The van der Waals surface area contributed by atoms with E-state index in [-0.39, 0.29) is 33.1 Å². The summed E-state index contributed by atoms with van der Waals surface area (Å²) >= 11 is 0. The van der Waals surface area contributed by atoms with E-state index in [1.807, 2.05) is 0 Å². The lowest BCUT2D eigenvalue weighted by molar-refractivity contribution is -0.483. The van der Waals surface area contributed by atoms with Crippen LogP contribution in [0.3, 0.4) is 0 Å². The zero-order chi connectivity index (χ0) is 18.5. The lowest BCUT2D eigenvalue weighted by atomic mass is 10.1. The van der Waals surface area contributed by atoms with E-state index < -0.39 is 39.2 Å². The van der Waals surface area contributed by atoms with Crippen LogP contribution in [0.2, 0.25) is 0 Å². The van der Waals surface area contributed by atoms with E-state index in [2.05, 4.69) is 4.72 Å². The quantitative estimate of drug-likeness (QED) is 0.412. The third-order valence-corrected chi connectivity index (χ3v) is 4.64. The number of hydrogen-bond donors (Lipinski definition) is 1. The van der Waals surface area contributed by atoms with Crippen molar-refractivity contribution in [2.45, 2.75) is 51.5 Å². The molecule has 26 heavy (non-hydrogen) atoms. The van der Waals surface area contributed by atoms with Gasteiger partial charge in [-0.15, -0.1) is 0 Å². The number of hydrogen-bond acceptors (Lipinski definition) is 5. The number of ether oxygens (including phenoxy) is 1. The van der Waals surface area contributed by atoms with Gasteiger partial charge < -0.3 is 4.74 Å². The van der Waals surface area contributed by atoms with Crippen molar-refractivity contribution in [3.05, 3.63) is 45.5 Å². The fourth-order valence-corrected chi connectivity index (χ4v) is 2.62. The van der Waals surface area contributed by atoms with E-state index in [1.165, 1.54) is 0 Å².